The Morgan fingerprint density at radius 3 is 1.95 bits per heavy atom. The summed E-state index contributed by atoms with van der Waals surface area (Å²) in [6.07, 6.45) is 0.151. The number of fused-ring (bicyclic) bond motifs is 5. The molecule has 0 saturated heterocycles. The lowest BCUT2D eigenvalue weighted by Crippen LogP contribution is -2.29. The standard InChI is InChI=1S/C36H34O2/c1-5-37-29-19-15-27(16-20-29)36(28-17-21-30(22-18-28)38-25(4)24(2)3)34-13-9-8-12-32(34)33-23-14-26-10-6-7-11-31(26)35(33)36/h6-25H,5H2,1-4H3. The third-order valence-electron chi connectivity index (χ3n) is 8.07. The van der Waals surface area contributed by atoms with Gasteiger partial charge in [0.25, 0.3) is 0 Å². The fourth-order valence-corrected chi connectivity index (χ4v) is 5.95. The highest BCUT2D eigenvalue weighted by Gasteiger charge is 2.47. The van der Waals surface area contributed by atoms with E-state index in [9.17, 15) is 0 Å². The molecule has 0 radical (unpaired) electrons. The predicted molar refractivity (Wildman–Crippen MR) is 157 cm³/mol. The zero-order chi connectivity index (χ0) is 26.3. The van der Waals surface area contributed by atoms with E-state index in [0.29, 0.717) is 12.5 Å². The Balaban J connectivity index is 1.65. The van der Waals surface area contributed by atoms with E-state index in [-0.39, 0.29) is 6.10 Å². The van der Waals surface area contributed by atoms with Crippen LogP contribution in [0.4, 0.5) is 0 Å². The average molecular weight is 499 g/mol. The summed E-state index contributed by atoms with van der Waals surface area (Å²) in [5, 5.41) is 2.53. The molecule has 0 N–H and O–H groups in total. The molecule has 0 heterocycles. The fourth-order valence-electron chi connectivity index (χ4n) is 5.95. The third kappa shape index (κ3) is 3.79. The molecule has 0 amide bonds. The van der Waals surface area contributed by atoms with Gasteiger partial charge in [0, 0.05) is 0 Å². The van der Waals surface area contributed by atoms with Gasteiger partial charge in [-0.2, -0.15) is 0 Å². The summed E-state index contributed by atoms with van der Waals surface area (Å²) >= 11 is 0. The summed E-state index contributed by atoms with van der Waals surface area (Å²) in [6.45, 7) is 9.19. The lowest BCUT2D eigenvalue weighted by molar-refractivity contribution is 0.170. The van der Waals surface area contributed by atoms with Gasteiger partial charge >= 0.3 is 0 Å². The van der Waals surface area contributed by atoms with Crippen molar-refractivity contribution in [2.75, 3.05) is 6.61 Å². The smallest absolute Gasteiger partial charge is 0.119 e. The first-order chi connectivity index (χ1) is 18.5. The Bertz CT molecular complexity index is 1580. The molecule has 1 aliphatic carbocycles. The molecule has 0 saturated carbocycles. The van der Waals surface area contributed by atoms with Crippen LogP contribution < -0.4 is 9.47 Å². The maximum Gasteiger partial charge on any atom is 0.119 e. The molecule has 0 fully saturated rings. The lowest BCUT2D eigenvalue weighted by atomic mass is 9.66. The van der Waals surface area contributed by atoms with Crippen LogP contribution in [0, 0.1) is 5.92 Å². The van der Waals surface area contributed by atoms with Crippen molar-refractivity contribution in [2.24, 2.45) is 5.92 Å². The van der Waals surface area contributed by atoms with Crippen LogP contribution in [0.1, 0.15) is 49.9 Å². The maximum atomic E-state index is 6.27. The first-order valence-electron chi connectivity index (χ1n) is 13.7. The Labute approximate surface area is 225 Å². The molecule has 0 spiro atoms. The van der Waals surface area contributed by atoms with Crippen molar-refractivity contribution in [1.82, 2.24) is 0 Å². The summed E-state index contributed by atoms with van der Waals surface area (Å²) in [5.41, 5.74) is 7.21. The van der Waals surface area contributed by atoms with Crippen LogP contribution in [0.25, 0.3) is 21.9 Å². The van der Waals surface area contributed by atoms with Crippen LogP contribution in [-0.4, -0.2) is 12.7 Å². The largest absolute Gasteiger partial charge is 0.494 e. The van der Waals surface area contributed by atoms with Crippen molar-refractivity contribution >= 4 is 10.8 Å². The van der Waals surface area contributed by atoms with Gasteiger partial charge in [0.05, 0.1) is 18.1 Å². The average Bonchev–Trinajstić information content (AvgIpc) is 3.26. The van der Waals surface area contributed by atoms with Crippen LogP contribution in [0.5, 0.6) is 11.5 Å². The molecule has 0 aromatic heterocycles. The molecule has 5 aromatic rings. The molecule has 0 aliphatic heterocycles. The number of ether oxygens (including phenoxy) is 2. The summed E-state index contributed by atoms with van der Waals surface area (Å²) in [4.78, 5) is 0. The maximum absolute atomic E-state index is 6.27. The van der Waals surface area contributed by atoms with Gasteiger partial charge in [-0.3, -0.25) is 0 Å². The van der Waals surface area contributed by atoms with E-state index in [1.165, 1.54) is 44.2 Å². The highest BCUT2D eigenvalue weighted by Crippen LogP contribution is 2.58. The van der Waals surface area contributed by atoms with Gasteiger partial charge in [0.1, 0.15) is 11.5 Å². The van der Waals surface area contributed by atoms with Crippen molar-refractivity contribution < 1.29 is 9.47 Å². The quantitative estimate of drug-likeness (QED) is 0.219. The van der Waals surface area contributed by atoms with Gasteiger partial charge in [0.2, 0.25) is 0 Å². The Morgan fingerprint density at radius 1 is 0.632 bits per heavy atom. The molecule has 0 bridgehead atoms. The molecule has 2 atom stereocenters. The lowest BCUT2D eigenvalue weighted by Gasteiger charge is -2.35. The minimum atomic E-state index is -0.472. The van der Waals surface area contributed by atoms with E-state index >= 15 is 0 Å². The van der Waals surface area contributed by atoms with Crippen LogP contribution in [0.15, 0.2) is 109 Å². The van der Waals surface area contributed by atoms with E-state index in [4.69, 9.17) is 9.47 Å². The fraction of sp³-hybridized carbons (Fsp3) is 0.222. The van der Waals surface area contributed by atoms with Gasteiger partial charge in [-0.25, -0.2) is 0 Å². The van der Waals surface area contributed by atoms with E-state index < -0.39 is 5.41 Å². The zero-order valence-corrected chi connectivity index (χ0v) is 22.6. The van der Waals surface area contributed by atoms with Crippen molar-refractivity contribution in [3.8, 4) is 22.6 Å². The second kappa shape index (κ2) is 9.68. The monoisotopic (exact) mass is 498 g/mol. The van der Waals surface area contributed by atoms with Crippen molar-refractivity contribution in [1.29, 1.82) is 0 Å². The number of benzene rings is 5. The van der Waals surface area contributed by atoms with Gasteiger partial charge < -0.3 is 9.47 Å². The molecule has 190 valence electrons. The summed E-state index contributed by atoms with van der Waals surface area (Å²) < 4.78 is 12.1. The summed E-state index contributed by atoms with van der Waals surface area (Å²) in [6, 6.07) is 39.7. The van der Waals surface area contributed by atoms with E-state index in [2.05, 4.69) is 130 Å². The molecule has 6 rings (SSSR count). The molecule has 2 heteroatoms. The topological polar surface area (TPSA) is 18.5 Å². The molecule has 5 aromatic carbocycles. The highest BCUT2D eigenvalue weighted by molar-refractivity contribution is 6.00. The predicted octanol–water partition coefficient (Wildman–Crippen LogP) is 9.02. The van der Waals surface area contributed by atoms with Gasteiger partial charge in [-0.15, -0.1) is 0 Å². The Kier molecular flexibility index (Phi) is 6.19. The van der Waals surface area contributed by atoms with Crippen LogP contribution in [-0.2, 0) is 5.41 Å². The summed E-state index contributed by atoms with van der Waals surface area (Å²) in [7, 11) is 0. The van der Waals surface area contributed by atoms with E-state index in [1.54, 1.807) is 0 Å². The first kappa shape index (κ1) is 24.3. The van der Waals surface area contributed by atoms with Crippen molar-refractivity contribution in [2.45, 2.75) is 39.2 Å². The summed E-state index contributed by atoms with van der Waals surface area (Å²) in [5.74, 6) is 2.24. The molecule has 2 unspecified atom stereocenters. The number of rotatable bonds is 7. The van der Waals surface area contributed by atoms with Crippen LogP contribution in [0.2, 0.25) is 0 Å². The van der Waals surface area contributed by atoms with E-state index in [0.717, 1.165) is 11.5 Å². The first-order valence-corrected chi connectivity index (χ1v) is 13.7. The van der Waals surface area contributed by atoms with Crippen molar-refractivity contribution in [3.05, 3.63) is 131 Å². The number of hydrogen-bond acceptors (Lipinski definition) is 2. The van der Waals surface area contributed by atoms with E-state index in [1.807, 2.05) is 6.92 Å². The minimum Gasteiger partial charge on any atom is -0.494 e. The Morgan fingerprint density at radius 2 is 1.26 bits per heavy atom. The minimum absolute atomic E-state index is 0.151. The molecular weight excluding hydrogens is 464 g/mol. The zero-order valence-electron chi connectivity index (χ0n) is 22.6. The highest BCUT2D eigenvalue weighted by atomic mass is 16.5. The second-order valence-electron chi connectivity index (χ2n) is 10.6. The Hall–Kier alpha value is -4.04. The SMILES string of the molecule is CCOc1ccc(C2(c3ccc(OC(C)C(C)C)cc3)c3ccccc3-c3ccc4ccccc4c32)cc1. The third-order valence-corrected chi connectivity index (χ3v) is 8.07. The van der Waals surface area contributed by atoms with Gasteiger partial charge in [-0.1, -0.05) is 98.8 Å². The van der Waals surface area contributed by atoms with Gasteiger partial charge in [0.15, 0.2) is 0 Å². The van der Waals surface area contributed by atoms with Crippen LogP contribution >= 0.6 is 0 Å². The normalized spacial score (nSPS) is 16.8. The second-order valence-corrected chi connectivity index (χ2v) is 10.6. The molecule has 2 nitrogen and oxygen atoms in total. The van der Waals surface area contributed by atoms with Crippen LogP contribution in [0.3, 0.4) is 0 Å². The van der Waals surface area contributed by atoms with Crippen molar-refractivity contribution in [3.63, 3.8) is 0 Å². The molecule has 1 aliphatic rings. The molecule has 38 heavy (non-hydrogen) atoms. The molecular formula is C36H34O2. The van der Waals surface area contributed by atoms with Gasteiger partial charge in [-0.05, 0) is 88.2 Å². The number of hydrogen-bond donors (Lipinski definition) is 0.